The van der Waals surface area contributed by atoms with Crippen LogP contribution in [0, 0.1) is 0 Å². The minimum absolute atomic E-state index is 0. The Morgan fingerprint density at radius 3 is 2.32 bits per heavy atom. The van der Waals surface area contributed by atoms with E-state index in [1.807, 2.05) is 0 Å². The lowest BCUT2D eigenvalue weighted by Gasteiger charge is -2.15. The fourth-order valence-electron chi connectivity index (χ4n) is 1.67. The third-order valence-corrected chi connectivity index (χ3v) is 3.10. The average Bonchev–Trinajstić information content (AvgIpc) is 2.27. The summed E-state index contributed by atoms with van der Waals surface area (Å²) in [6.07, 6.45) is -2.08. The van der Waals surface area contributed by atoms with Crippen molar-refractivity contribution in [1.29, 1.82) is 0 Å². The van der Waals surface area contributed by atoms with Crippen molar-refractivity contribution in [2.24, 2.45) is 11.5 Å². The molecule has 0 saturated heterocycles. The van der Waals surface area contributed by atoms with Crippen molar-refractivity contribution in [3.63, 3.8) is 0 Å². The average molecular weight is 362 g/mol. The van der Waals surface area contributed by atoms with Crippen molar-refractivity contribution in [3.8, 4) is 0 Å². The van der Waals surface area contributed by atoms with Crippen LogP contribution in [0.25, 0.3) is 0 Å². The maximum atomic E-state index is 12.6. The Bertz CT molecular complexity index is 399. The Morgan fingerprint density at radius 2 is 1.79 bits per heavy atom. The summed E-state index contributed by atoms with van der Waals surface area (Å²) in [5.74, 6) is 0. The number of nitrogens with two attached hydrogens (primary N) is 2. The van der Waals surface area contributed by atoms with Gasteiger partial charge in [-0.15, -0.1) is 12.4 Å². The van der Waals surface area contributed by atoms with Gasteiger partial charge in [-0.25, -0.2) is 0 Å². The van der Waals surface area contributed by atoms with Gasteiger partial charge in [0.15, 0.2) is 0 Å². The second-order valence-corrected chi connectivity index (χ2v) is 5.08. The molecule has 0 saturated carbocycles. The lowest BCUT2D eigenvalue weighted by atomic mass is 10.00. The molecular weight excluding hydrogens is 344 g/mol. The molecule has 1 aromatic rings. The molecular formula is C12H17BrClF3N2. The molecule has 1 rings (SSSR count). The smallest absolute Gasteiger partial charge is 0.330 e. The number of hydrogen-bond donors (Lipinski definition) is 2. The lowest BCUT2D eigenvalue weighted by Crippen LogP contribution is -2.13. The molecule has 110 valence electrons. The van der Waals surface area contributed by atoms with Gasteiger partial charge in [0.25, 0.3) is 0 Å². The van der Waals surface area contributed by atoms with E-state index in [0.717, 1.165) is 25.0 Å². The normalized spacial score (nSPS) is 12.9. The van der Waals surface area contributed by atoms with Crippen molar-refractivity contribution >= 4 is 28.3 Å². The van der Waals surface area contributed by atoms with E-state index < -0.39 is 17.8 Å². The minimum atomic E-state index is -4.35. The number of alkyl halides is 3. The van der Waals surface area contributed by atoms with Gasteiger partial charge in [0, 0.05) is 10.5 Å². The SMILES string of the molecule is Cl.NCCCC[C@@H](N)c1cc(Br)cc(C(F)(F)F)c1. The van der Waals surface area contributed by atoms with Crippen LogP contribution >= 0.6 is 28.3 Å². The van der Waals surface area contributed by atoms with Crippen LogP contribution in [0.5, 0.6) is 0 Å². The molecule has 4 N–H and O–H groups in total. The van der Waals surface area contributed by atoms with Crippen LogP contribution in [0.3, 0.4) is 0 Å². The van der Waals surface area contributed by atoms with E-state index in [0.29, 0.717) is 23.0 Å². The van der Waals surface area contributed by atoms with Gasteiger partial charge in [-0.1, -0.05) is 22.4 Å². The van der Waals surface area contributed by atoms with E-state index >= 15 is 0 Å². The van der Waals surface area contributed by atoms with Gasteiger partial charge >= 0.3 is 6.18 Å². The Morgan fingerprint density at radius 1 is 1.16 bits per heavy atom. The quantitative estimate of drug-likeness (QED) is 0.778. The van der Waals surface area contributed by atoms with Crippen LogP contribution in [0.1, 0.15) is 36.4 Å². The zero-order chi connectivity index (χ0) is 13.8. The van der Waals surface area contributed by atoms with E-state index in [1.54, 1.807) is 6.07 Å². The van der Waals surface area contributed by atoms with Crippen molar-refractivity contribution < 1.29 is 13.2 Å². The Hall–Kier alpha value is -0.300. The maximum Gasteiger partial charge on any atom is 0.416 e. The van der Waals surface area contributed by atoms with E-state index in [1.165, 1.54) is 0 Å². The molecule has 2 nitrogen and oxygen atoms in total. The van der Waals surface area contributed by atoms with E-state index in [-0.39, 0.29) is 12.4 Å². The van der Waals surface area contributed by atoms with Gasteiger partial charge in [-0.2, -0.15) is 13.2 Å². The zero-order valence-electron chi connectivity index (χ0n) is 10.2. The van der Waals surface area contributed by atoms with Crippen molar-refractivity contribution in [1.82, 2.24) is 0 Å². The molecule has 0 unspecified atom stereocenters. The topological polar surface area (TPSA) is 52.0 Å². The summed E-state index contributed by atoms with van der Waals surface area (Å²) in [7, 11) is 0. The molecule has 19 heavy (non-hydrogen) atoms. The van der Waals surface area contributed by atoms with Gasteiger partial charge < -0.3 is 11.5 Å². The number of rotatable bonds is 5. The number of hydrogen-bond acceptors (Lipinski definition) is 2. The molecule has 0 bridgehead atoms. The number of benzene rings is 1. The van der Waals surface area contributed by atoms with Gasteiger partial charge in [0.1, 0.15) is 0 Å². The molecule has 0 aliphatic heterocycles. The van der Waals surface area contributed by atoms with E-state index in [4.69, 9.17) is 11.5 Å². The molecule has 0 heterocycles. The minimum Gasteiger partial charge on any atom is -0.330 e. The Labute approximate surface area is 125 Å². The second kappa shape index (κ2) is 8.09. The van der Waals surface area contributed by atoms with Crippen molar-refractivity contribution in [3.05, 3.63) is 33.8 Å². The third-order valence-electron chi connectivity index (χ3n) is 2.64. The Balaban J connectivity index is 0.00000324. The van der Waals surface area contributed by atoms with E-state index in [2.05, 4.69) is 15.9 Å². The lowest BCUT2D eigenvalue weighted by molar-refractivity contribution is -0.137. The van der Waals surface area contributed by atoms with Gasteiger partial charge in [0.05, 0.1) is 5.56 Å². The van der Waals surface area contributed by atoms with Crippen LogP contribution in [0.2, 0.25) is 0 Å². The summed E-state index contributed by atoms with van der Waals surface area (Å²) in [6, 6.07) is 3.39. The molecule has 7 heteroatoms. The van der Waals surface area contributed by atoms with Crippen molar-refractivity contribution in [2.75, 3.05) is 6.54 Å². The van der Waals surface area contributed by atoms with Crippen LogP contribution in [-0.4, -0.2) is 6.54 Å². The Kier molecular flexibility index (Phi) is 7.96. The third kappa shape index (κ3) is 6.12. The molecule has 0 radical (unpaired) electrons. The summed E-state index contributed by atoms with van der Waals surface area (Å²) in [4.78, 5) is 0. The molecule has 0 amide bonds. The predicted molar refractivity (Wildman–Crippen MR) is 76.2 cm³/mol. The molecule has 0 aromatic heterocycles. The second-order valence-electron chi connectivity index (χ2n) is 4.16. The first-order chi connectivity index (χ1) is 8.34. The molecule has 1 aromatic carbocycles. The zero-order valence-corrected chi connectivity index (χ0v) is 12.6. The predicted octanol–water partition coefficient (Wildman–Crippen LogP) is 4.02. The van der Waals surface area contributed by atoms with Crippen LogP contribution < -0.4 is 11.5 Å². The summed E-state index contributed by atoms with van der Waals surface area (Å²) >= 11 is 3.08. The van der Waals surface area contributed by atoms with E-state index in [9.17, 15) is 13.2 Å². The summed E-state index contributed by atoms with van der Waals surface area (Å²) in [5, 5.41) is 0. The van der Waals surface area contributed by atoms with Crippen molar-refractivity contribution in [2.45, 2.75) is 31.5 Å². The maximum absolute atomic E-state index is 12.6. The summed E-state index contributed by atoms with van der Waals surface area (Å²) < 4.78 is 38.3. The van der Waals surface area contributed by atoms with Gasteiger partial charge in [-0.05, 0) is 43.1 Å². The molecule has 0 fully saturated rings. The number of halogens is 5. The highest BCUT2D eigenvalue weighted by molar-refractivity contribution is 9.10. The van der Waals surface area contributed by atoms with Crippen LogP contribution in [0.15, 0.2) is 22.7 Å². The fraction of sp³-hybridized carbons (Fsp3) is 0.500. The highest BCUT2D eigenvalue weighted by atomic mass is 79.9. The molecule has 0 aliphatic carbocycles. The molecule has 0 spiro atoms. The monoisotopic (exact) mass is 360 g/mol. The van der Waals surface area contributed by atoms with Gasteiger partial charge in [-0.3, -0.25) is 0 Å². The molecule has 1 atom stereocenters. The fourth-order valence-corrected chi connectivity index (χ4v) is 2.18. The summed E-state index contributed by atoms with van der Waals surface area (Å²) in [6.45, 7) is 0.568. The van der Waals surface area contributed by atoms with Crippen LogP contribution in [-0.2, 0) is 6.18 Å². The first-order valence-electron chi connectivity index (χ1n) is 5.68. The highest BCUT2D eigenvalue weighted by Gasteiger charge is 2.31. The highest BCUT2D eigenvalue weighted by Crippen LogP contribution is 2.33. The van der Waals surface area contributed by atoms with Gasteiger partial charge in [0.2, 0.25) is 0 Å². The van der Waals surface area contributed by atoms with Crippen LogP contribution in [0.4, 0.5) is 13.2 Å². The molecule has 0 aliphatic rings. The summed E-state index contributed by atoms with van der Waals surface area (Å²) in [5.41, 5.74) is 11.1. The standard InChI is InChI=1S/C12H16BrF3N2.ClH/c13-10-6-8(11(18)3-1-2-4-17)5-9(7-10)12(14,15)16;/h5-7,11H,1-4,17-18H2;1H/t11-;/m1./s1. The number of unbranched alkanes of at least 4 members (excludes halogenated alkanes) is 1. The first-order valence-corrected chi connectivity index (χ1v) is 6.47. The largest absolute Gasteiger partial charge is 0.416 e. The first kappa shape index (κ1) is 18.7.